The average molecular weight is 246 g/mol. The number of nitrogens with two attached hydrogens (primary N) is 1. The van der Waals surface area contributed by atoms with Crippen molar-refractivity contribution in [3.05, 3.63) is 51.7 Å². The Labute approximate surface area is 104 Å². The van der Waals surface area contributed by atoms with Crippen molar-refractivity contribution in [3.63, 3.8) is 0 Å². The van der Waals surface area contributed by atoms with Gasteiger partial charge in [-0.2, -0.15) is 0 Å². The number of primary amides is 1. The predicted molar refractivity (Wildman–Crippen MR) is 71.3 cm³/mol. The highest BCUT2D eigenvalue weighted by atomic mass is 32.1. The van der Waals surface area contributed by atoms with Crippen molar-refractivity contribution in [3.8, 4) is 0 Å². The van der Waals surface area contributed by atoms with Crippen LogP contribution in [-0.2, 0) is 6.54 Å². The zero-order valence-corrected chi connectivity index (χ0v) is 10.4. The lowest BCUT2D eigenvalue weighted by atomic mass is 10.2. The number of hydrogen-bond donors (Lipinski definition) is 2. The third-order valence-corrected chi connectivity index (χ3v) is 3.47. The van der Waals surface area contributed by atoms with E-state index in [9.17, 15) is 4.79 Å². The summed E-state index contributed by atoms with van der Waals surface area (Å²) in [6, 6.07) is 12.0. The Bertz CT molecular complexity index is 519. The van der Waals surface area contributed by atoms with Gasteiger partial charge in [-0.15, -0.1) is 11.3 Å². The molecule has 17 heavy (non-hydrogen) atoms. The molecule has 0 aliphatic carbocycles. The fourth-order valence-corrected chi connectivity index (χ4v) is 2.46. The first kappa shape index (κ1) is 11.7. The lowest BCUT2D eigenvalue weighted by Crippen LogP contribution is -2.11. The standard InChI is InChI=1S/C13H14N2OS/c1-9-7-11(12(17-9)13(14)16)15-8-10-5-3-2-4-6-10/h2-7,15H,8H2,1H3,(H2,14,16). The molecule has 0 bridgehead atoms. The van der Waals surface area contributed by atoms with E-state index in [-0.39, 0.29) is 5.91 Å². The van der Waals surface area contributed by atoms with Gasteiger partial charge in [0.05, 0.1) is 5.69 Å². The van der Waals surface area contributed by atoms with Crippen molar-refractivity contribution in [2.24, 2.45) is 5.73 Å². The van der Waals surface area contributed by atoms with E-state index in [1.54, 1.807) is 0 Å². The fraction of sp³-hybridized carbons (Fsp3) is 0.154. The van der Waals surface area contributed by atoms with Crippen LogP contribution in [-0.4, -0.2) is 5.91 Å². The molecule has 2 rings (SSSR count). The van der Waals surface area contributed by atoms with Gasteiger partial charge >= 0.3 is 0 Å². The van der Waals surface area contributed by atoms with Gasteiger partial charge in [-0.1, -0.05) is 30.3 Å². The normalized spacial score (nSPS) is 10.2. The molecule has 0 atom stereocenters. The lowest BCUT2D eigenvalue weighted by Gasteiger charge is -2.05. The molecule has 0 fully saturated rings. The van der Waals surface area contributed by atoms with Crippen molar-refractivity contribution >= 4 is 22.9 Å². The summed E-state index contributed by atoms with van der Waals surface area (Å²) in [6.45, 7) is 2.65. The van der Waals surface area contributed by atoms with Gasteiger partial charge < -0.3 is 11.1 Å². The molecular formula is C13H14N2OS. The van der Waals surface area contributed by atoms with E-state index >= 15 is 0 Å². The molecule has 1 aromatic carbocycles. The lowest BCUT2D eigenvalue weighted by molar-refractivity contribution is 0.100. The second kappa shape index (κ2) is 5.01. The van der Waals surface area contributed by atoms with E-state index in [0.717, 1.165) is 10.6 Å². The molecule has 0 aliphatic heterocycles. The molecule has 0 saturated carbocycles. The summed E-state index contributed by atoms with van der Waals surface area (Å²) in [5, 5.41) is 3.24. The molecule has 0 radical (unpaired) electrons. The molecule has 3 N–H and O–H groups in total. The summed E-state index contributed by atoms with van der Waals surface area (Å²) in [6.07, 6.45) is 0. The van der Waals surface area contributed by atoms with Gasteiger partial charge in [0.2, 0.25) is 0 Å². The van der Waals surface area contributed by atoms with Crippen molar-refractivity contribution in [1.82, 2.24) is 0 Å². The van der Waals surface area contributed by atoms with Crippen molar-refractivity contribution in [2.75, 3.05) is 5.32 Å². The molecule has 0 spiro atoms. The van der Waals surface area contributed by atoms with Crippen molar-refractivity contribution < 1.29 is 4.79 Å². The Morgan fingerprint density at radius 1 is 1.35 bits per heavy atom. The smallest absolute Gasteiger partial charge is 0.260 e. The second-order valence-corrected chi connectivity index (χ2v) is 5.06. The minimum atomic E-state index is -0.376. The number of carbonyl (C=O) groups excluding carboxylic acids is 1. The molecule has 4 heteroatoms. The van der Waals surface area contributed by atoms with Crippen LogP contribution in [0.2, 0.25) is 0 Å². The van der Waals surface area contributed by atoms with Gasteiger partial charge in [0.25, 0.3) is 5.91 Å². The molecule has 1 amide bonds. The number of thiophene rings is 1. The van der Waals surface area contributed by atoms with Crippen LogP contribution in [0, 0.1) is 6.92 Å². The van der Waals surface area contributed by atoms with Crippen LogP contribution in [0.4, 0.5) is 5.69 Å². The first-order valence-electron chi connectivity index (χ1n) is 5.35. The number of nitrogens with one attached hydrogen (secondary N) is 1. The molecule has 0 saturated heterocycles. The van der Waals surface area contributed by atoms with Crippen LogP contribution in [0.3, 0.4) is 0 Å². The molecular weight excluding hydrogens is 232 g/mol. The highest BCUT2D eigenvalue weighted by Gasteiger charge is 2.11. The van der Waals surface area contributed by atoms with Gasteiger partial charge in [-0.3, -0.25) is 4.79 Å². The van der Waals surface area contributed by atoms with Crippen molar-refractivity contribution in [2.45, 2.75) is 13.5 Å². The maximum absolute atomic E-state index is 11.2. The molecule has 88 valence electrons. The first-order chi connectivity index (χ1) is 8.16. The predicted octanol–water partition coefficient (Wildman–Crippen LogP) is 2.77. The Morgan fingerprint density at radius 3 is 2.71 bits per heavy atom. The van der Waals surface area contributed by atoms with Crippen LogP contribution in [0.1, 0.15) is 20.1 Å². The molecule has 2 aromatic rings. The maximum atomic E-state index is 11.2. The number of amides is 1. The van der Waals surface area contributed by atoms with E-state index < -0.39 is 0 Å². The molecule has 3 nitrogen and oxygen atoms in total. The van der Waals surface area contributed by atoms with Gasteiger partial charge in [0.15, 0.2) is 0 Å². The van der Waals surface area contributed by atoms with E-state index in [4.69, 9.17) is 5.73 Å². The minimum Gasteiger partial charge on any atom is -0.380 e. The minimum absolute atomic E-state index is 0.376. The molecule has 0 aliphatic rings. The Kier molecular flexibility index (Phi) is 3.44. The van der Waals surface area contributed by atoms with Gasteiger partial charge in [-0.25, -0.2) is 0 Å². The molecule has 1 heterocycles. The first-order valence-corrected chi connectivity index (χ1v) is 6.16. The molecule has 1 aromatic heterocycles. The Morgan fingerprint density at radius 2 is 2.06 bits per heavy atom. The van der Waals surface area contributed by atoms with Crippen LogP contribution in [0.25, 0.3) is 0 Å². The van der Waals surface area contributed by atoms with E-state index in [2.05, 4.69) is 5.32 Å². The number of hydrogen-bond acceptors (Lipinski definition) is 3. The monoisotopic (exact) mass is 246 g/mol. The van der Waals surface area contributed by atoms with Gasteiger partial charge in [-0.05, 0) is 18.6 Å². The van der Waals surface area contributed by atoms with E-state index in [1.165, 1.54) is 16.9 Å². The van der Waals surface area contributed by atoms with Crippen LogP contribution in [0.5, 0.6) is 0 Å². The fourth-order valence-electron chi connectivity index (χ4n) is 1.62. The van der Waals surface area contributed by atoms with Crippen molar-refractivity contribution in [1.29, 1.82) is 0 Å². The second-order valence-electron chi connectivity index (χ2n) is 3.80. The van der Waals surface area contributed by atoms with Gasteiger partial charge in [0, 0.05) is 11.4 Å². The number of benzene rings is 1. The highest BCUT2D eigenvalue weighted by Crippen LogP contribution is 2.26. The number of carbonyl (C=O) groups is 1. The summed E-state index contributed by atoms with van der Waals surface area (Å²) in [4.78, 5) is 12.9. The Balaban J connectivity index is 2.11. The quantitative estimate of drug-likeness (QED) is 0.871. The SMILES string of the molecule is Cc1cc(NCc2ccccc2)c(C(N)=O)s1. The summed E-state index contributed by atoms with van der Waals surface area (Å²) >= 11 is 1.42. The van der Waals surface area contributed by atoms with Gasteiger partial charge in [0.1, 0.15) is 4.88 Å². The summed E-state index contributed by atoms with van der Waals surface area (Å²) in [7, 11) is 0. The highest BCUT2D eigenvalue weighted by molar-refractivity contribution is 7.14. The Hall–Kier alpha value is -1.81. The van der Waals surface area contributed by atoms with E-state index in [0.29, 0.717) is 11.4 Å². The summed E-state index contributed by atoms with van der Waals surface area (Å²) < 4.78 is 0. The zero-order valence-electron chi connectivity index (χ0n) is 9.57. The van der Waals surface area contributed by atoms with Crippen LogP contribution >= 0.6 is 11.3 Å². The molecule has 0 unspecified atom stereocenters. The number of anilines is 1. The number of rotatable bonds is 4. The summed E-state index contributed by atoms with van der Waals surface area (Å²) in [5.74, 6) is -0.376. The third kappa shape index (κ3) is 2.85. The summed E-state index contributed by atoms with van der Waals surface area (Å²) in [5.41, 5.74) is 7.32. The topological polar surface area (TPSA) is 55.1 Å². The average Bonchev–Trinajstić information content (AvgIpc) is 2.69. The van der Waals surface area contributed by atoms with E-state index in [1.807, 2.05) is 43.3 Å². The maximum Gasteiger partial charge on any atom is 0.260 e. The zero-order chi connectivity index (χ0) is 12.3. The third-order valence-electron chi connectivity index (χ3n) is 2.40. The van der Waals surface area contributed by atoms with Crippen LogP contribution < -0.4 is 11.1 Å². The number of aryl methyl sites for hydroxylation is 1. The largest absolute Gasteiger partial charge is 0.380 e. The van der Waals surface area contributed by atoms with Crippen LogP contribution in [0.15, 0.2) is 36.4 Å².